The molecule has 0 aliphatic carbocycles. The molecule has 19 heavy (non-hydrogen) atoms. The topological polar surface area (TPSA) is 67.6 Å². The molecule has 2 aliphatic heterocycles. The van der Waals surface area contributed by atoms with Crippen LogP contribution in [0.5, 0.6) is 0 Å². The second kappa shape index (κ2) is 7.22. The van der Waals surface area contributed by atoms with E-state index >= 15 is 0 Å². The van der Waals surface area contributed by atoms with Gasteiger partial charge in [0.25, 0.3) is 0 Å². The van der Waals surface area contributed by atoms with E-state index in [0.717, 1.165) is 44.9 Å². The molecule has 2 aliphatic rings. The molecular weight excluding hydrogens is 242 g/mol. The fourth-order valence-corrected chi connectivity index (χ4v) is 2.81. The van der Waals surface area contributed by atoms with Crippen LogP contribution in [0.25, 0.3) is 0 Å². The number of rotatable bonds is 5. The van der Waals surface area contributed by atoms with E-state index in [-0.39, 0.29) is 18.1 Å². The summed E-state index contributed by atoms with van der Waals surface area (Å²) in [5.74, 6) is 0.882. The van der Waals surface area contributed by atoms with Crippen LogP contribution in [-0.4, -0.2) is 55.7 Å². The van der Waals surface area contributed by atoms with E-state index < -0.39 is 0 Å². The third-order valence-corrected chi connectivity index (χ3v) is 4.27. The maximum absolute atomic E-state index is 11.9. The maximum atomic E-state index is 11.9. The number of carbonyl (C=O) groups is 1. The third kappa shape index (κ3) is 4.44. The number of hydrogen-bond donors (Lipinski definition) is 2. The number of piperidine rings is 1. The molecule has 2 rings (SSSR count). The molecule has 110 valence electrons. The molecule has 2 atom stereocenters. The van der Waals surface area contributed by atoms with Crippen molar-refractivity contribution in [3.63, 3.8) is 0 Å². The summed E-state index contributed by atoms with van der Waals surface area (Å²) in [6, 6.07) is 0. The summed E-state index contributed by atoms with van der Waals surface area (Å²) >= 11 is 0. The molecule has 0 spiro atoms. The first-order valence-electron chi connectivity index (χ1n) is 7.54. The van der Waals surface area contributed by atoms with Crippen LogP contribution in [0.1, 0.15) is 32.6 Å². The average molecular weight is 269 g/mol. The second-order valence-corrected chi connectivity index (χ2v) is 5.87. The first-order valence-corrected chi connectivity index (χ1v) is 7.54. The summed E-state index contributed by atoms with van der Waals surface area (Å²) in [6.07, 6.45) is 4.04. The Balaban J connectivity index is 1.59. The Kier molecular flexibility index (Phi) is 5.60. The van der Waals surface area contributed by atoms with Gasteiger partial charge in [0, 0.05) is 19.6 Å². The van der Waals surface area contributed by atoms with Gasteiger partial charge in [-0.15, -0.1) is 0 Å². The fraction of sp³-hybridized carbons (Fsp3) is 0.929. The minimum atomic E-state index is -0.282. The third-order valence-electron chi connectivity index (χ3n) is 4.27. The first kappa shape index (κ1) is 14.8. The lowest BCUT2D eigenvalue weighted by Gasteiger charge is -2.30. The fourth-order valence-electron chi connectivity index (χ4n) is 2.81. The number of amides is 1. The molecule has 0 aromatic rings. The highest BCUT2D eigenvalue weighted by molar-refractivity contribution is 5.81. The number of nitrogens with zero attached hydrogens (tertiary/aromatic N) is 1. The average Bonchev–Trinajstić information content (AvgIpc) is 2.90. The summed E-state index contributed by atoms with van der Waals surface area (Å²) in [5.41, 5.74) is 5.54. The second-order valence-electron chi connectivity index (χ2n) is 5.87. The molecule has 0 saturated carbocycles. The van der Waals surface area contributed by atoms with Crippen LogP contribution in [-0.2, 0) is 9.53 Å². The van der Waals surface area contributed by atoms with Crippen LogP contribution >= 0.6 is 0 Å². The van der Waals surface area contributed by atoms with Crippen LogP contribution in [0.2, 0.25) is 0 Å². The van der Waals surface area contributed by atoms with E-state index in [0.29, 0.717) is 6.54 Å². The Morgan fingerprint density at radius 1 is 1.32 bits per heavy atom. The summed E-state index contributed by atoms with van der Waals surface area (Å²) < 4.78 is 5.58. The van der Waals surface area contributed by atoms with E-state index in [1.165, 1.54) is 12.8 Å². The van der Waals surface area contributed by atoms with Gasteiger partial charge in [-0.2, -0.15) is 0 Å². The standard InChI is InChI=1S/C14H27N3O2/c1-11-4-7-17(8-5-11)9-6-16-14(18)13-3-2-12(10-15)19-13/h11-13H,2-10,15H2,1H3,(H,16,18). The molecule has 0 bridgehead atoms. The van der Waals surface area contributed by atoms with Gasteiger partial charge in [0.05, 0.1) is 6.10 Å². The normalized spacial score (nSPS) is 29.6. The number of ether oxygens (including phenoxy) is 1. The summed E-state index contributed by atoms with van der Waals surface area (Å²) in [6.45, 7) is 6.81. The smallest absolute Gasteiger partial charge is 0.249 e. The lowest BCUT2D eigenvalue weighted by Crippen LogP contribution is -2.42. The number of carbonyl (C=O) groups excluding carboxylic acids is 1. The summed E-state index contributed by atoms with van der Waals surface area (Å²) in [4.78, 5) is 14.3. The summed E-state index contributed by atoms with van der Waals surface area (Å²) in [7, 11) is 0. The van der Waals surface area contributed by atoms with Gasteiger partial charge in [-0.1, -0.05) is 6.92 Å². The molecule has 0 radical (unpaired) electrons. The minimum absolute atomic E-state index is 0.0290. The predicted molar refractivity (Wildman–Crippen MR) is 74.8 cm³/mol. The van der Waals surface area contributed by atoms with Crippen LogP contribution in [0, 0.1) is 5.92 Å². The van der Waals surface area contributed by atoms with Gasteiger partial charge in [0.2, 0.25) is 5.91 Å². The van der Waals surface area contributed by atoms with Crippen LogP contribution in [0.4, 0.5) is 0 Å². The maximum Gasteiger partial charge on any atom is 0.249 e. The zero-order valence-corrected chi connectivity index (χ0v) is 11.9. The molecule has 2 saturated heterocycles. The molecule has 5 nitrogen and oxygen atoms in total. The Morgan fingerprint density at radius 2 is 2.05 bits per heavy atom. The minimum Gasteiger partial charge on any atom is -0.364 e. The van der Waals surface area contributed by atoms with Crippen molar-refractivity contribution >= 4 is 5.91 Å². The number of nitrogens with two attached hydrogens (primary N) is 1. The van der Waals surface area contributed by atoms with Gasteiger partial charge in [-0.25, -0.2) is 0 Å². The lowest BCUT2D eigenvalue weighted by atomic mass is 9.99. The van der Waals surface area contributed by atoms with E-state index in [9.17, 15) is 4.79 Å². The number of likely N-dealkylation sites (tertiary alicyclic amines) is 1. The molecule has 0 aromatic heterocycles. The molecule has 3 N–H and O–H groups in total. The molecule has 2 fully saturated rings. The molecule has 2 heterocycles. The lowest BCUT2D eigenvalue weighted by molar-refractivity contribution is -0.131. The van der Waals surface area contributed by atoms with E-state index in [4.69, 9.17) is 10.5 Å². The Morgan fingerprint density at radius 3 is 2.68 bits per heavy atom. The van der Waals surface area contributed by atoms with Crippen LogP contribution < -0.4 is 11.1 Å². The Hall–Kier alpha value is -0.650. The van der Waals surface area contributed by atoms with Crippen molar-refractivity contribution in [2.24, 2.45) is 11.7 Å². The van der Waals surface area contributed by atoms with Crippen molar-refractivity contribution in [2.45, 2.75) is 44.8 Å². The highest BCUT2D eigenvalue weighted by Gasteiger charge is 2.29. The van der Waals surface area contributed by atoms with Crippen molar-refractivity contribution < 1.29 is 9.53 Å². The van der Waals surface area contributed by atoms with Gasteiger partial charge in [0.15, 0.2) is 0 Å². The molecule has 1 amide bonds. The molecule has 5 heteroatoms. The highest BCUT2D eigenvalue weighted by Crippen LogP contribution is 2.19. The van der Waals surface area contributed by atoms with E-state index in [1.807, 2.05) is 0 Å². The van der Waals surface area contributed by atoms with Gasteiger partial charge >= 0.3 is 0 Å². The Bertz CT molecular complexity index is 290. The quantitative estimate of drug-likeness (QED) is 0.755. The molecule has 0 aromatic carbocycles. The predicted octanol–water partition coefficient (Wildman–Crippen LogP) is 0.341. The largest absolute Gasteiger partial charge is 0.364 e. The van der Waals surface area contributed by atoms with Crippen LogP contribution in [0.3, 0.4) is 0 Å². The first-order chi connectivity index (χ1) is 9.19. The van der Waals surface area contributed by atoms with Crippen molar-refractivity contribution in [1.29, 1.82) is 0 Å². The number of nitrogens with one attached hydrogen (secondary N) is 1. The van der Waals surface area contributed by atoms with Crippen molar-refractivity contribution in [1.82, 2.24) is 10.2 Å². The van der Waals surface area contributed by atoms with Gasteiger partial charge < -0.3 is 20.7 Å². The van der Waals surface area contributed by atoms with Gasteiger partial charge in [-0.05, 0) is 44.7 Å². The van der Waals surface area contributed by atoms with E-state index in [1.54, 1.807) is 0 Å². The van der Waals surface area contributed by atoms with Gasteiger partial charge in [-0.3, -0.25) is 4.79 Å². The Labute approximate surface area is 115 Å². The molecular formula is C14H27N3O2. The summed E-state index contributed by atoms with van der Waals surface area (Å²) in [5, 5.41) is 2.98. The van der Waals surface area contributed by atoms with Crippen molar-refractivity contribution in [2.75, 3.05) is 32.7 Å². The zero-order chi connectivity index (χ0) is 13.7. The van der Waals surface area contributed by atoms with Crippen molar-refractivity contribution in [3.05, 3.63) is 0 Å². The van der Waals surface area contributed by atoms with Crippen LogP contribution in [0.15, 0.2) is 0 Å². The SMILES string of the molecule is CC1CCN(CCNC(=O)C2CCC(CN)O2)CC1. The highest BCUT2D eigenvalue weighted by atomic mass is 16.5. The number of hydrogen-bond acceptors (Lipinski definition) is 4. The van der Waals surface area contributed by atoms with Gasteiger partial charge in [0.1, 0.15) is 6.10 Å². The van der Waals surface area contributed by atoms with Crippen molar-refractivity contribution in [3.8, 4) is 0 Å². The monoisotopic (exact) mass is 269 g/mol. The van der Waals surface area contributed by atoms with E-state index in [2.05, 4.69) is 17.1 Å². The zero-order valence-electron chi connectivity index (χ0n) is 11.9. The molecule has 2 unspecified atom stereocenters.